The van der Waals surface area contributed by atoms with Gasteiger partial charge in [0.1, 0.15) is 23.2 Å². The minimum atomic E-state index is -4.21. The Labute approximate surface area is 188 Å². The number of hydrogen-bond donors (Lipinski definition) is 1. The predicted molar refractivity (Wildman–Crippen MR) is 114 cm³/mol. The lowest BCUT2D eigenvalue weighted by Crippen LogP contribution is -2.48. The third-order valence-corrected chi connectivity index (χ3v) is 6.28. The van der Waals surface area contributed by atoms with Crippen molar-refractivity contribution in [1.29, 1.82) is 5.26 Å². The van der Waals surface area contributed by atoms with Gasteiger partial charge in [-0.1, -0.05) is 18.2 Å². The molecule has 172 valence electrons. The molecule has 2 aromatic rings. The lowest BCUT2D eigenvalue weighted by molar-refractivity contribution is -0.136. The van der Waals surface area contributed by atoms with E-state index in [1.54, 1.807) is 31.2 Å². The number of amides is 1. The van der Waals surface area contributed by atoms with Crippen LogP contribution >= 0.6 is 0 Å². The molecule has 8 heteroatoms. The summed E-state index contributed by atoms with van der Waals surface area (Å²) in [7, 11) is 0. The summed E-state index contributed by atoms with van der Waals surface area (Å²) in [4.78, 5) is 12.9. The summed E-state index contributed by atoms with van der Waals surface area (Å²) in [5.41, 5.74) is 2.52. The highest BCUT2D eigenvalue weighted by Crippen LogP contribution is 2.47. The standard InChI is InChI=1S/C25H22F4N2O2/c1-15-3-4-16(12-22(15)26)19-13-24(31-23(32)20(19)14-30)9-7-17-11-18(5-6-21(17)24)33-10-2-8-25(27,28)29/h3-6,11-12H,2,7-10,13H2,1H3,(H,31,32)/t24-/m0/s1. The van der Waals surface area contributed by atoms with Crippen LogP contribution in [0.25, 0.3) is 5.57 Å². The van der Waals surface area contributed by atoms with Gasteiger partial charge >= 0.3 is 6.18 Å². The van der Waals surface area contributed by atoms with Crippen molar-refractivity contribution in [2.45, 2.75) is 50.7 Å². The highest BCUT2D eigenvalue weighted by atomic mass is 19.4. The number of ether oxygens (including phenoxy) is 1. The molecule has 4 rings (SSSR count). The summed E-state index contributed by atoms with van der Waals surface area (Å²) >= 11 is 0. The Morgan fingerprint density at radius 2 is 2.00 bits per heavy atom. The molecule has 1 atom stereocenters. The van der Waals surface area contributed by atoms with E-state index in [1.165, 1.54) is 6.07 Å². The summed E-state index contributed by atoms with van der Waals surface area (Å²) < 4.78 is 56.6. The van der Waals surface area contributed by atoms with Crippen LogP contribution in [0.2, 0.25) is 0 Å². The molecule has 2 aromatic carbocycles. The monoisotopic (exact) mass is 458 g/mol. The van der Waals surface area contributed by atoms with E-state index in [1.807, 2.05) is 12.1 Å². The zero-order valence-corrected chi connectivity index (χ0v) is 18.0. The van der Waals surface area contributed by atoms with Crippen LogP contribution in [0, 0.1) is 24.1 Å². The van der Waals surface area contributed by atoms with Crippen LogP contribution in [0.15, 0.2) is 42.0 Å². The Balaban J connectivity index is 1.59. The maximum absolute atomic E-state index is 14.2. The second-order valence-corrected chi connectivity index (χ2v) is 8.53. The highest BCUT2D eigenvalue weighted by molar-refractivity contribution is 6.07. The molecule has 1 N–H and O–H groups in total. The number of aryl methyl sites for hydroxylation is 2. The normalized spacial score (nSPS) is 19.9. The van der Waals surface area contributed by atoms with Crippen LogP contribution < -0.4 is 10.1 Å². The van der Waals surface area contributed by atoms with E-state index in [0.29, 0.717) is 41.7 Å². The Bertz CT molecular complexity index is 1180. The third-order valence-electron chi connectivity index (χ3n) is 6.28. The van der Waals surface area contributed by atoms with Crippen molar-refractivity contribution in [3.05, 3.63) is 70.0 Å². The Morgan fingerprint density at radius 3 is 2.70 bits per heavy atom. The molecule has 4 nitrogen and oxygen atoms in total. The first-order valence-corrected chi connectivity index (χ1v) is 10.7. The lowest BCUT2D eigenvalue weighted by atomic mass is 9.78. The minimum Gasteiger partial charge on any atom is -0.494 e. The van der Waals surface area contributed by atoms with E-state index < -0.39 is 29.9 Å². The molecule has 1 amide bonds. The molecule has 0 saturated heterocycles. The molecule has 1 spiro atoms. The van der Waals surface area contributed by atoms with Gasteiger partial charge in [-0.05, 0) is 72.2 Å². The molecule has 0 unspecified atom stereocenters. The van der Waals surface area contributed by atoms with Crippen molar-refractivity contribution in [2.24, 2.45) is 0 Å². The number of halogens is 4. The number of alkyl halides is 3. The van der Waals surface area contributed by atoms with Gasteiger partial charge in [0.15, 0.2) is 0 Å². The smallest absolute Gasteiger partial charge is 0.389 e. The number of carbonyl (C=O) groups is 1. The number of nitrogens with zero attached hydrogens (tertiary/aromatic N) is 1. The maximum atomic E-state index is 14.2. The van der Waals surface area contributed by atoms with Gasteiger partial charge in [0, 0.05) is 12.8 Å². The molecule has 1 aliphatic carbocycles. The number of benzene rings is 2. The van der Waals surface area contributed by atoms with Gasteiger partial charge in [-0.3, -0.25) is 4.79 Å². The number of carbonyl (C=O) groups excluding carboxylic acids is 1. The van der Waals surface area contributed by atoms with Crippen LogP contribution in [0.4, 0.5) is 17.6 Å². The van der Waals surface area contributed by atoms with Crippen molar-refractivity contribution in [1.82, 2.24) is 5.32 Å². The summed E-state index contributed by atoms with van der Waals surface area (Å²) in [6, 6.07) is 11.9. The number of hydrogen-bond acceptors (Lipinski definition) is 3. The van der Waals surface area contributed by atoms with Gasteiger partial charge in [0.2, 0.25) is 0 Å². The van der Waals surface area contributed by atoms with Gasteiger partial charge in [0.05, 0.1) is 12.1 Å². The molecule has 0 aromatic heterocycles. The summed E-state index contributed by atoms with van der Waals surface area (Å²) in [5.74, 6) is -0.430. The molecule has 2 aliphatic rings. The number of nitriles is 1. The van der Waals surface area contributed by atoms with E-state index >= 15 is 0 Å². The largest absolute Gasteiger partial charge is 0.494 e. The number of nitrogens with one attached hydrogen (secondary N) is 1. The van der Waals surface area contributed by atoms with Crippen LogP contribution in [0.1, 0.15) is 47.9 Å². The van der Waals surface area contributed by atoms with Crippen molar-refractivity contribution in [3.8, 4) is 11.8 Å². The topological polar surface area (TPSA) is 62.1 Å². The molecule has 0 bridgehead atoms. The molecular formula is C25H22F4N2O2. The van der Waals surface area contributed by atoms with E-state index in [9.17, 15) is 27.6 Å². The van der Waals surface area contributed by atoms with Crippen molar-refractivity contribution < 1.29 is 27.1 Å². The fourth-order valence-corrected chi connectivity index (χ4v) is 4.59. The van der Waals surface area contributed by atoms with E-state index in [-0.39, 0.29) is 18.6 Å². The minimum absolute atomic E-state index is 0.0260. The van der Waals surface area contributed by atoms with E-state index in [4.69, 9.17) is 4.74 Å². The fourth-order valence-electron chi connectivity index (χ4n) is 4.59. The van der Waals surface area contributed by atoms with Gasteiger partial charge in [0.25, 0.3) is 5.91 Å². The molecular weight excluding hydrogens is 436 g/mol. The van der Waals surface area contributed by atoms with Crippen molar-refractivity contribution in [3.63, 3.8) is 0 Å². The second-order valence-electron chi connectivity index (χ2n) is 8.53. The molecule has 0 radical (unpaired) electrons. The van der Waals surface area contributed by atoms with Gasteiger partial charge in [-0.15, -0.1) is 0 Å². The van der Waals surface area contributed by atoms with E-state index in [0.717, 1.165) is 11.1 Å². The summed E-state index contributed by atoms with van der Waals surface area (Å²) in [5, 5.41) is 12.6. The Morgan fingerprint density at radius 1 is 1.21 bits per heavy atom. The molecule has 33 heavy (non-hydrogen) atoms. The van der Waals surface area contributed by atoms with Crippen LogP contribution in [-0.4, -0.2) is 18.7 Å². The average Bonchev–Trinajstić information content (AvgIpc) is 3.09. The maximum Gasteiger partial charge on any atom is 0.389 e. The first-order valence-electron chi connectivity index (χ1n) is 10.7. The molecule has 1 heterocycles. The van der Waals surface area contributed by atoms with Crippen LogP contribution in [0.3, 0.4) is 0 Å². The van der Waals surface area contributed by atoms with Gasteiger partial charge in [-0.25, -0.2) is 4.39 Å². The first kappa shape index (κ1) is 22.8. The van der Waals surface area contributed by atoms with Crippen LogP contribution in [0.5, 0.6) is 5.75 Å². The summed E-state index contributed by atoms with van der Waals surface area (Å²) in [6.45, 7) is 1.60. The molecule has 0 fully saturated rings. The second kappa shape index (κ2) is 8.54. The molecule has 0 saturated carbocycles. The average molecular weight is 458 g/mol. The fraction of sp³-hybridized carbons (Fsp3) is 0.360. The van der Waals surface area contributed by atoms with Crippen molar-refractivity contribution >= 4 is 11.5 Å². The van der Waals surface area contributed by atoms with Gasteiger partial charge in [-0.2, -0.15) is 18.4 Å². The van der Waals surface area contributed by atoms with E-state index in [2.05, 4.69) is 5.32 Å². The zero-order valence-electron chi connectivity index (χ0n) is 18.0. The quantitative estimate of drug-likeness (QED) is 0.476. The van der Waals surface area contributed by atoms with Gasteiger partial charge < -0.3 is 10.1 Å². The number of rotatable bonds is 5. The predicted octanol–water partition coefficient (Wildman–Crippen LogP) is 5.49. The highest BCUT2D eigenvalue weighted by Gasteiger charge is 2.45. The zero-order chi connectivity index (χ0) is 23.8. The lowest BCUT2D eigenvalue weighted by Gasteiger charge is -2.37. The van der Waals surface area contributed by atoms with Crippen LogP contribution in [-0.2, 0) is 16.8 Å². The first-order chi connectivity index (χ1) is 15.6. The summed E-state index contributed by atoms with van der Waals surface area (Å²) in [6.07, 6.45) is -3.68. The Hall–Kier alpha value is -3.34. The third kappa shape index (κ3) is 4.58. The van der Waals surface area contributed by atoms with Crippen molar-refractivity contribution in [2.75, 3.05) is 6.61 Å². The SMILES string of the molecule is Cc1ccc(C2=C(C#N)C(=O)N[C@@]3(CCc4cc(OCCCC(F)(F)F)ccc43)C2)cc1F. The number of fused-ring (bicyclic) bond motifs is 2. The molecule has 1 aliphatic heterocycles. The Kier molecular flexibility index (Phi) is 5.91.